The third-order valence-corrected chi connectivity index (χ3v) is 9.00. The number of aromatic nitrogens is 4. The Balaban J connectivity index is 1.41. The topological polar surface area (TPSA) is 141 Å². The van der Waals surface area contributed by atoms with Crippen molar-refractivity contribution in [3.63, 3.8) is 0 Å². The maximum atomic E-state index is 15.2. The van der Waals surface area contributed by atoms with Crippen LogP contribution >= 0.6 is 0 Å². The molecule has 0 radical (unpaired) electrons. The lowest BCUT2D eigenvalue weighted by molar-refractivity contribution is -0.140. The maximum Gasteiger partial charge on any atom is 0.423 e. The molecule has 0 spiro atoms. The van der Waals surface area contributed by atoms with Crippen molar-refractivity contribution in [2.75, 3.05) is 32.3 Å². The first-order valence-corrected chi connectivity index (χ1v) is 16.0. The van der Waals surface area contributed by atoms with E-state index in [1.807, 2.05) is 4.57 Å². The van der Waals surface area contributed by atoms with E-state index in [1.165, 1.54) is 14.2 Å². The maximum absolute atomic E-state index is 15.2. The normalized spacial score (nSPS) is 16.2. The minimum absolute atomic E-state index is 0.0194. The second kappa shape index (κ2) is 13.2. The molecular formula is C30H31F4N7O5S. The van der Waals surface area contributed by atoms with Gasteiger partial charge in [0.1, 0.15) is 29.1 Å². The number of methoxy groups -OCH3 is 1. The van der Waals surface area contributed by atoms with Crippen molar-refractivity contribution < 1.29 is 40.2 Å². The van der Waals surface area contributed by atoms with Gasteiger partial charge in [-0.3, -0.25) is 4.79 Å². The minimum Gasteiger partial charge on any atom is -0.495 e. The molecule has 0 saturated heterocycles. The van der Waals surface area contributed by atoms with Gasteiger partial charge in [-0.2, -0.15) is 22.5 Å². The lowest BCUT2D eigenvalue weighted by atomic mass is 10.1. The SMILES string of the molecule is COc1cc(C(=O)NCCn2ccnc2C)c(F)cc1Nc1ncc(C(F)(F)F)c(O[C@@H]2Cc3ccccc3[C@H]2N(C)S(C)(=O)=O)n1. The molecule has 1 aliphatic rings. The second-order valence-corrected chi connectivity index (χ2v) is 12.8. The third-order valence-electron chi connectivity index (χ3n) is 7.73. The quantitative estimate of drug-likeness (QED) is 0.223. The van der Waals surface area contributed by atoms with Crippen LogP contribution in [0.3, 0.4) is 0 Å². The molecule has 12 nitrogen and oxygen atoms in total. The van der Waals surface area contributed by atoms with Gasteiger partial charge in [-0.25, -0.2) is 22.8 Å². The third kappa shape index (κ3) is 7.30. The van der Waals surface area contributed by atoms with Crippen molar-refractivity contribution in [2.45, 2.75) is 38.2 Å². The highest BCUT2D eigenvalue weighted by Crippen LogP contribution is 2.42. The summed E-state index contributed by atoms with van der Waals surface area (Å²) in [7, 11) is -1.19. The summed E-state index contributed by atoms with van der Waals surface area (Å²) in [6, 6.07) is 7.99. The molecule has 1 amide bonds. The Hall–Kier alpha value is -4.77. The van der Waals surface area contributed by atoms with Gasteiger partial charge < -0.3 is 24.7 Å². The first-order valence-electron chi connectivity index (χ1n) is 14.2. The van der Waals surface area contributed by atoms with E-state index >= 15 is 4.39 Å². The van der Waals surface area contributed by atoms with Crippen LogP contribution in [-0.4, -0.2) is 71.2 Å². The van der Waals surface area contributed by atoms with Gasteiger partial charge in [-0.1, -0.05) is 24.3 Å². The van der Waals surface area contributed by atoms with Crippen molar-refractivity contribution in [3.05, 3.63) is 88.9 Å². The van der Waals surface area contributed by atoms with Crippen LogP contribution in [0.4, 0.5) is 29.2 Å². The van der Waals surface area contributed by atoms with E-state index < -0.39 is 57.5 Å². The highest BCUT2D eigenvalue weighted by molar-refractivity contribution is 7.88. The number of halogens is 4. The summed E-state index contributed by atoms with van der Waals surface area (Å²) in [6.45, 7) is 2.40. The fourth-order valence-corrected chi connectivity index (χ4v) is 5.94. The lowest BCUT2D eigenvalue weighted by Crippen LogP contribution is -2.38. The zero-order valence-corrected chi connectivity index (χ0v) is 26.5. The van der Waals surface area contributed by atoms with Crippen molar-refractivity contribution in [2.24, 2.45) is 0 Å². The van der Waals surface area contributed by atoms with E-state index in [-0.39, 0.29) is 30.0 Å². The molecule has 0 saturated carbocycles. The Morgan fingerprint density at radius 3 is 2.60 bits per heavy atom. The Morgan fingerprint density at radius 2 is 1.94 bits per heavy atom. The van der Waals surface area contributed by atoms with Crippen molar-refractivity contribution in [1.82, 2.24) is 29.1 Å². The van der Waals surface area contributed by atoms with Crippen LogP contribution in [0, 0.1) is 12.7 Å². The van der Waals surface area contributed by atoms with Crippen LogP contribution in [-0.2, 0) is 29.2 Å². The zero-order chi connectivity index (χ0) is 34.1. The van der Waals surface area contributed by atoms with Crippen LogP contribution in [0.2, 0.25) is 0 Å². The van der Waals surface area contributed by atoms with E-state index in [0.29, 0.717) is 23.9 Å². The van der Waals surface area contributed by atoms with E-state index in [2.05, 4.69) is 25.6 Å². The van der Waals surface area contributed by atoms with E-state index in [0.717, 1.165) is 28.5 Å². The number of imidazole rings is 1. The molecule has 2 heterocycles. The number of alkyl halides is 3. The summed E-state index contributed by atoms with van der Waals surface area (Å²) in [6.07, 6.45) is -1.03. The summed E-state index contributed by atoms with van der Waals surface area (Å²) in [4.78, 5) is 24.5. The van der Waals surface area contributed by atoms with Crippen LogP contribution < -0.4 is 20.1 Å². The number of aryl methyl sites for hydroxylation is 1. The summed E-state index contributed by atoms with van der Waals surface area (Å²) < 4.78 is 96.3. The molecule has 5 rings (SSSR count). The zero-order valence-electron chi connectivity index (χ0n) is 25.7. The molecule has 250 valence electrons. The minimum atomic E-state index is -4.92. The molecule has 2 atom stereocenters. The molecular weight excluding hydrogens is 646 g/mol. The highest BCUT2D eigenvalue weighted by Gasteiger charge is 2.43. The molecule has 0 bridgehead atoms. The standard InChI is InChI=1S/C30H31F4N7O5S/c1-17-35-9-11-41(17)12-10-36-27(42)20-14-24(45-3)23(15-22(20)31)38-29-37-16-21(30(32,33)34)28(39-29)46-25-13-18-7-5-6-8-19(18)26(25)40(2)47(4,43)44/h5-9,11,14-16,25-26H,10,12-13H2,1-4H3,(H,36,42)(H,37,38,39)/t25-,26-/m1/s1. The fraction of sp³-hybridized carbons (Fsp3) is 0.333. The number of carbonyl (C=O) groups is 1. The number of benzene rings is 2. The first-order chi connectivity index (χ1) is 22.2. The van der Waals surface area contributed by atoms with Crippen LogP contribution in [0.1, 0.15) is 38.9 Å². The van der Waals surface area contributed by atoms with Crippen molar-refractivity contribution in [1.29, 1.82) is 0 Å². The second-order valence-electron chi connectivity index (χ2n) is 10.8. The van der Waals surface area contributed by atoms with E-state index in [1.54, 1.807) is 43.6 Å². The monoisotopic (exact) mass is 677 g/mol. The number of carbonyl (C=O) groups excluding carboxylic acids is 1. The van der Waals surface area contributed by atoms with Gasteiger partial charge in [0.15, 0.2) is 0 Å². The highest BCUT2D eigenvalue weighted by atomic mass is 32.2. The average Bonchev–Trinajstić information content (AvgIpc) is 3.58. The fourth-order valence-electron chi connectivity index (χ4n) is 5.27. The number of anilines is 2. The molecule has 17 heteroatoms. The van der Waals surface area contributed by atoms with Crippen molar-refractivity contribution >= 4 is 27.6 Å². The number of sulfonamides is 1. The summed E-state index contributed by atoms with van der Waals surface area (Å²) in [5.41, 5.74) is -0.401. The van der Waals surface area contributed by atoms with E-state index in [9.17, 15) is 26.4 Å². The number of amides is 1. The summed E-state index contributed by atoms with van der Waals surface area (Å²) in [5.74, 6) is -2.18. The number of rotatable bonds is 11. The predicted molar refractivity (Wildman–Crippen MR) is 162 cm³/mol. The first kappa shape index (κ1) is 33.6. The molecule has 0 unspecified atom stereocenters. The van der Waals surface area contributed by atoms with Gasteiger partial charge in [0, 0.05) is 51.2 Å². The summed E-state index contributed by atoms with van der Waals surface area (Å²) >= 11 is 0. The number of hydrogen-bond donors (Lipinski definition) is 2. The Morgan fingerprint density at radius 1 is 1.19 bits per heavy atom. The van der Waals surface area contributed by atoms with Gasteiger partial charge >= 0.3 is 6.18 Å². The number of fused-ring (bicyclic) bond motifs is 1. The molecule has 1 aliphatic carbocycles. The van der Waals surface area contributed by atoms with Crippen LogP contribution in [0.15, 0.2) is 55.0 Å². The largest absolute Gasteiger partial charge is 0.495 e. The molecule has 47 heavy (non-hydrogen) atoms. The molecule has 0 fully saturated rings. The van der Waals surface area contributed by atoms with Gasteiger partial charge in [0.25, 0.3) is 5.91 Å². The number of ether oxygens (including phenoxy) is 2. The molecule has 2 aromatic carbocycles. The number of nitrogens with one attached hydrogen (secondary N) is 2. The Bertz CT molecular complexity index is 1900. The number of likely N-dealkylation sites (N-methyl/N-ethyl adjacent to an activating group) is 1. The summed E-state index contributed by atoms with van der Waals surface area (Å²) in [5, 5.41) is 5.26. The smallest absolute Gasteiger partial charge is 0.423 e. The number of hydrogen-bond acceptors (Lipinski definition) is 9. The lowest BCUT2D eigenvalue weighted by Gasteiger charge is -2.29. The van der Waals surface area contributed by atoms with Gasteiger partial charge in [-0.15, -0.1) is 0 Å². The van der Waals surface area contributed by atoms with Crippen LogP contribution in [0.25, 0.3) is 0 Å². The molecule has 0 aliphatic heterocycles. The van der Waals surface area contributed by atoms with E-state index in [4.69, 9.17) is 9.47 Å². The van der Waals surface area contributed by atoms with Gasteiger partial charge in [-0.05, 0) is 24.1 Å². The van der Waals surface area contributed by atoms with Crippen LogP contribution in [0.5, 0.6) is 11.6 Å². The van der Waals surface area contributed by atoms with Gasteiger partial charge in [0.2, 0.25) is 21.9 Å². The predicted octanol–water partition coefficient (Wildman–Crippen LogP) is 4.26. The van der Waals surface area contributed by atoms with Gasteiger partial charge in [0.05, 0.1) is 30.7 Å². The molecule has 2 N–H and O–H groups in total. The Labute approximate surface area is 267 Å². The average molecular weight is 678 g/mol. The Kier molecular flexibility index (Phi) is 9.40. The molecule has 2 aromatic heterocycles. The van der Waals surface area contributed by atoms with Crippen molar-refractivity contribution in [3.8, 4) is 11.6 Å². The molecule has 4 aromatic rings. The number of nitrogens with zero attached hydrogens (tertiary/aromatic N) is 5.